The highest BCUT2D eigenvalue weighted by atomic mass is 16.5. The second-order valence-electron chi connectivity index (χ2n) is 5.70. The van der Waals surface area contributed by atoms with Crippen LogP contribution in [0.3, 0.4) is 0 Å². The summed E-state index contributed by atoms with van der Waals surface area (Å²) in [6.07, 6.45) is 0.00446. The second-order valence-corrected chi connectivity index (χ2v) is 5.70. The summed E-state index contributed by atoms with van der Waals surface area (Å²) in [4.78, 5) is 0. The van der Waals surface area contributed by atoms with Gasteiger partial charge in [0.25, 0.3) is 0 Å². The fourth-order valence-electron chi connectivity index (χ4n) is 2.92. The van der Waals surface area contributed by atoms with Crippen molar-refractivity contribution in [2.45, 2.75) is 32.9 Å². The van der Waals surface area contributed by atoms with Crippen LogP contribution in [0.5, 0.6) is 11.5 Å². The summed E-state index contributed by atoms with van der Waals surface area (Å²) < 4.78 is 11.5. The SMILES string of the molecule is COc1ccc(C2Oc3c(C)cc(C)cc3NC2C)cc1. The molecular formula is C18H21NO2. The Balaban J connectivity index is 1.94. The average Bonchev–Trinajstić information content (AvgIpc) is 2.46. The van der Waals surface area contributed by atoms with E-state index in [4.69, 9.17) is 9.47 Å². The van der Waals surface area contributed by atoms with Gasteiger partial charge in [0.05, 0.1) is 18.8 Å². The monoisotopic (exact) mass is 283 g/mol. The Morgan fingerprint density at radius 2 is 1.81 bits per heavy atom. The molecule has 1 N–H and O–H groups in total. The first-order valence-corrected chi connectivity index (χ1v) is 7.27. The van der Waals surface area contributed by atoms with Crippen LogP contribution in [0.25, 0.3) is 0 Å². The van der Waals surface area contributed by atoms with Crippen LogP contribution in [0.1, 0.15) is 29.7 Å². The summed E-state index contributed by atoms with van der Waals surface area (Å²) in [6, 6.07) is 12.6. The molecule has 2 aromatic carbocycles. The van der Waals surface area contributed by atoms with Gasteiger partial charge in [0, 0.05) is 0 Å². The molecule has 1 aliphatic rings. The largest absolute Gasteiger partial charge is 0.497 e. The first kappa shape index (κ1) is 13.8. The van der Waals surface area contributed by atoms with Gasteiger partial charge in [-0.2, -0.15) is 0 Å². The molecule has 0 saturated heterocycles. The first-order valence-electron chi connectivity index (χ1n) is 7.27. The van der Waals surface area contributed by atoms with Gasteiger partial charge in [-0.3, -0.25) is 0 Å². The van der Waals surface area contributed by atoms with Gasteiger partial charge in [-0.25, -0.2) is 0 Å². The summed E-state index contributed by atoms with van der Waals surface area (Å²) in [6.45, 7) is 6.35. The maximum atomic E-state index is 6.29. The predicted molar refractivity (Wildman–Crippen MR) is 85.4 cm³/mol. The summed E-state index contributed by atoms with van der Waals surface area (Å²) >= 11 is 0. The Morgan fingerprint density at radius 3 is 2.48 bits per heavy atom. The third kappa shape index (κ3) is 2.56. The van der Waals surface area contributed by atoms with E-state index in [9.17, 15) is 0 Å². The molecule has 21 heavy (non-hydrogen) atoms. The highest BCUT2D eigenvalue weighted by molar-refractivity contribution is 5.64. The lowest BCUT2D eigenvalue weighted by Crippen LogP contribution is -2.33. The van der Waals surface area contributed by atoms with E-state index in [0.717, 1.165) is 22.7 Å². The molecule has 0 radical (unpaired) electrons. The van der Waals surface area contributed by atoms with Gasteiger partial charge in [0.1, 0.15) is 17.6 Å². The van der Waals surface area contributed by atoms with Crippen LogP contribution in [0, 0.1) is 13.8 Å². The van der Waals surface area contributed by atoms with E-state index in [1.807, 2.05) is 12.1 Å². The summed E-state index contributed by atoms with van der Waals surface area (Å²) in [5.41, 5.74) is 4.66. The smallest absolute Gasteiger partial charge is 0.146 e. The highest BCUT2D eigenvalue weighted by Crippen LogP contribution is 2.40. The standard InChI is InChI=1S/C18H21NO2/c1-11-9-12(2)17-16(10-11)19-13(3)18(21-17)14-5-7-15(20-4)8-6-14/h5-10,13,18-19H,1-4H3. The van der Waals surface area contributed by atoms with Crippen LogP contribution in [0.4, 0.5) is 5.69 Å². The number of nitrogens with one attached hydrogen (secondary N) is 1. The molecule has 0 fully saturated rings. The molecule has 2 aromatic rings. The van der Waals surface area contributed by atoms with E-state index >= 15 is 0 Å². The molecule has 1 heterocycles. The van der Waals surface area contributed by atoms with E-state index in [1.54, 1.807) is 7.11 Å². The third-order valence-electron chi connectivity index (χ3n) is 3.95. The molecular weight excluding hydrogens is 262 g/mol. The van der Waals surface area contributed by atoms with E-state index in [0.29, 0.717) is 0 Å². The van der Waals surface area contributed by atoms with Gasteiger partial charge < -0.3 is 14.8 Å². The molecule has 2 unspecified atom stereocenters. The number of anilines is 1. The van der Waals surface area contributed by atoms with Crippen molar-refractivity contribution in [1.82, 2.24) is 0 Å². The molecule has 3 heteroatoms. The minimum absolute atomic E-state index is 0.00446. The lowest BCUT2D eigenvalue weighted by atomic mass is 9.99. The van der Waals surface area contributed by atoms with Crippen LogP contribution in [-0.4, -0.2) is 13.2 Å². The fourth-order valence-corrected chi connectivity index (χ4v) is 2.92. The lowest BCUT2D eigenvalue weighted by Gasteiger charge is -2.34. The van der Waals surface area contributed by atoms with Crippen LogP contribution in [0.2, 0.25) is 0 Å². The zero-order chi connectivity index (χ0) is 15.0. The van der Waals surface area contributed by atoms with Crippen molar-refractivity contribution in [2.24, 2.45) is 0 Å². The second kappa shape index (κ2) is 5.32. The van der Waals surface area contributed by atoms with Crippen LogP contribution >= 0.6 is 0 Å². The number of rotatable bonds is 2. The quantitative estimate of drug-likeness (QED) is 0.894. The van der Waals surface area contributed by atoms with Gasteiger partial charge in [-0.1, -0.05) is 18.2 Å². The van der Waals surface area contributed by atoms with Crippen molar-refractivity contribution < 1.29 is 9.47 Å². The molecule has 0 spiro atoms. The molecule has 110 valence electrons. The van der Waals surface area contributed by atoms with Crippen molar-refractivity contribution in [3.05, 3.63) is 53.1 Å². The topological polar surface area (TPSA) is 30.5 Å². The molecule has 0 saturated carbocycles. The van der Waals surface area contributed by atoms with Gasteiger partial charge in [-0.15, -0.1) is 0 Å². The third-order valence-corrected chi connectivity index (χ3v) is 3.95. The molecule has 3 nitrogen and oxygen atoms in total. The van der Waals surface area contributed by atoms with Crippen molar-refractivity contribution in [1.29, 1.82) is 0 Å². The maximum absolute atomic E-state index is 6.29. The fraction of sp³-hybridized carbons (Fsp3) is 0.333. The van der Waals surface area contributed by atoms with Crippen molar-refractivity contribution >= 4 is 5.69 Å². The molecule has 0 bridgehead atoms. The molecule has 0 aliphatic carbocycles. The normalized spacial score (nSPS) is 20.2. The highest BCUT2D eigenvalue weighted by Gasteiger charge is 2.28. The molecule has 2 atom stereocenters. The Bertz CT molecular complexity index is 649. The molecule has 1 aliphatic heterocycles. The van der Waals surface area contributed by atoms with E-state index < -0.39 is 0 Å². The van der Waals surface area contributed by atoms with Crippen LogP contribution in [0.15, 0.2) is 36.4 Å². The van der Waals surface area contributed by atoms with Crippen molar-refractivity contribution in [3.8, 4) is 11.5 Å². The lowest BCUT2D eigenvalue weighted by molar-refractivity contribution is 0.176. The molecule has 0 amide bonds. The summed E-state index contributed by atoms with van der Waals surface area (Å²) in [7, 11) is 1.68. The first-order chi connectivity index (χ1) is 10.1. The van der Waals surface area contributed by atoms with Gasteiger partial charge in [-0.05, 0) is 55.7 Å². The van der Waals surface area contributed by atoms with Crippen molar-refractivity contribution in [2.75, 3.05) is 12.4 Å². The number of ether oxygens (including phenoxy) is 2. The van der Waals surface area contributed by atoms with E-state index in [1.165, 1.54) is 11.1 Å². The Kier molecular flexibility index (Phi) is 3.50. The number of fused-ring (bicyclic) bond motifs is 1. The average molecular weight is 283 g/mol. The Hall–Kier alpha value is -2.16. The Labute approximate surface area is 125 Å². The molecule has 3 rings (SSSR count). The number of benzene rings is 2. The van der Waals surface area contributed by atoms with Crippen LogP contribution in [-0.2, 0) is 0 Å². The van der Waals surface area contributed by atoms with Crippen molar-refractivity contribution in [3.63, 3.8) is 0 Å². The number of hydrogen-bond donors (Lipinski definition) is 1. The number of aryl methyl sites for hydroxylation is 2. The zero-order valence-corrected chi connectivity index (χ0v) is 12.9. The minimum atomic E-state index is 0.00446. The van der Waals surface area contributed by atoms with Crippen LogP contribution < -0.4 is 14.8 Å². The summed E-state index contributed by atoms with van der Waals surface area (Å²) in [5.74, 6) is 1.82. The van der Waals surface area contributed by atoms with Gasteiger partial charge in [0.2, 0.25) is 0 Å². The van der Waals surface area contributed by atoms with E-state index in [2.05, 4.69) is 50.4 Å². The number of methoxy groups -OCH3 is 1. The van der Waals surface area contributed by atoms with Gasteiger partial charge in [0.15, 0.2) is 0 Å². The summed E-state index contributed by atoms with van der Waals surface area (Å²) in [5, 5.41) is 3.56. The Morgan fingerprint density at radius 1 is 1.10 bits per heavy atom. The maximum Gasteiger partial charge on any atom is 0.146 e. The molecule has 0 aromatic heterocycles. The minimum Gasteiger partial charge on any atom is -0.497 e. The predicted octanol–water partition coefficient (Wildman–Crippen LogP) is 4.25. The zero-order valence-electron chi connectivity index (χ0n) is 12.9. The number of hydrogen-bond acceptors (Lipinski definition) is 3. The van der Waals surface area contributed by atoms with E-state index in [-0.39, 0.29) is 12.1 Å². The van der Waals surface area contributed by atoms with Gasteiger partial charge >= 0.3 is 0 Å².